The van der Waals surface area contributed by atoms with E-state index >= 15 is 0 Å². The standard InChI is InChI=1S/C8H18N2/c1-7(9)8-5-3-4-6-10(8)2/h7-8H,3-6,9H2,1-2H3/t7-,8?/m1/s1. The second-order valence-corrected chi connectivity index (χ2v) is 3.40. The van der Waals surface area contributed by atoms with E-state index < -0.39 is 0 Å². The average Bonchev–Trinajstić information content (AvgIpc) is 1.88. The average molecular weight is 142 g/mol. The lowest BCUT2D eigenvalue weighted by atomic mass is 9.98. The van der Waals surface area contributed by atoms with Gasteiger partial charge in [-0.2, -0.15) is 0 Å². The number of likely N-dealkylation sites (tertiary alicyclic amines) is 1. The van der Waals surface area contributed by atoms with Crippen LogP contribution in [0.2, 0.25) is 0 Å². The molecule has 1 rings (SSSR count). The van der Waals surface area contributed by atoms with Crippen LogP contribution in [-0.4, -0.2) is 30.6 Å². The van der Waals surface area contributed by atoms with Crippen molar-refractivity contribution in [1.29, 1.82) is 0 Å². The summed E-state index contributed by atoms with van der Waals surface area (Å²) in [5, 5.41) is 0. The smallest absolute Gasteiger partial charge is 0.0241 e. The van der Waals surface area contributed by atoms with Gasteiger partial charge in [-0.1, -0.05) is 6.42 Å². The molecule has 1 aliphatic heterocycles. The Morgan fingerprint density at radius 3 is 2.60 bits per heavy atom. The van der Waals surface area contributed by atoms with Crippen LogP contribution in [-0.2, 0) is 0 Å². The molecule has 1 saturated heterocycles. The summed E-state index contributed by atoms with van der Waals surface area (Å²) in [4.78, 5) is 2.38. The Morgan fingerprint density at radius 2 is 2.20 bits per heavy atom. The first-order chi connectivity index (χ1) is 4.72. The molecule has 2 atom stereocenters. The molecule has 2 heteroatoms. The zero-order chi connectivity index (χ0) is 7.56. The van der Waals surface area contributed by atoms with E-state index in [1.165, 1.54) is 25.8 Å². The molecule has 0 aromatic heterocycles. The first kappa shape index (κ1) is 8.02. The van der Waals surface area contributed by atoms with E-state index in [0.717, 1.165) is 0 Å². The second-order valence-electron chi connectivity index (χ2n) is 3.40. The molecule has 2 nitrogen and oxygen atoms in total. The van der Waals surface area contributed by atoms with Crippen molar-refractivity contribution in [2.24, 2.45) is 5.73 Å². The highest BCUT2D eigenvalue weighted by atomic mass is 15.1. The van der Waals surface area contributed by atoms with Crippen molar-refractivity contribution in [3.63, 3.8) is 0 Å². The number of piperidine rings is 1. The molecular weight excluding hydrogens is 124 g/mol. The monoisotopic (exact) mass is 142 g/mol. The summed E-state index contributed by atoms with van der Waals surface area (Å²) in [5.41, 5.74) is 5.82. The number of rotatable bonds is 1. The molecule has 1 aliphatic rings. The molecule has 2 N–H and O–H groups in total. The molecule has 1 unspecified atom stereocenters. The quantitative estimate of drug-likeness (QED) is 0.587. The van der Waals surface area contributed by atoms with Gasteiger partial charge in [0, 0.05) is 12.1 Å². The minimum Gasteiger partial charge on any atom is -0.327 e. The van der Waals surface area contributed by atoms with Gasteiger partial charge in [0.05, 0.1) is 0 Å². The van der Waals surface area contributed by atoms with Gasteiger partial charge in [-0.25, -0.2) is 0 Å². The van der Waals surface area contributed by atoms with E-state index in [1.54, 1.807) is 0 Å². The SMILES string of the molecule is C[C@@H](N)C1CCCCN1C. The van der Waals surface area contributed by atoms with E-state index in [-0.39, 0.29) is 0 Å². The van der Waals surface area contributed by atoms with Crippen molar-refractivity contribution < 1.29 is 0 Å². The highest BCUT2D eigenvalue weighted by molar-refractivity contribution is 4.80. The molecule has 0 aromatic carbocycles. The van der Waals surface area contributed by atoms with Crippen molar-refractivity contribution in [2.45, 2.75) is 38.3 Å². The largest absolute Gasteiger partial charge is 0.327 e. The molecule has 0 spiro atoms. The van der Waals surface area contributed by atoms with Crippen LogP contribution in [0.3, 0.4) is 0 Å². The van der Waals surface area contributed by atoms with Crippen molar-refractivity contribution in [3.05, 3.63) is 0 Å². The molecule has 0 radical (unpaired) electrons. The molecule has 0 aromatic rings. The maximum Gasteiger partial charge on any atom is 0.0241 e. The van der Waals surface area contributed by atoms with Gasteiger partial charge in [0.1, 0.15) is 0 Å². The van der Waals surface area contributed by atoms with Crippen molar-refractivity contribution in [2.75, 3.05) is 13.6 Å². The van der Waals surface area contributed by atoms with Gasteiger partial charge in [-0.05, 0) is 33.4 Å². The lowest BCUT2D eigenvalue weighted by Crippen LogP contribution is -2.46. The maximum absolute atomic E-state index is 5.82. The van der Waals surface area contributed by atoms with Gasteiger partial charge >= 0.3 is 0 Å². The Bertz CT molecular complexity index is 101. The predicted octanol–water partition coefficient (Wildman–Crippen LogP) is 0.818. The van der Waals surface area contributed by atoms with Gasteiger partial charge in [0.15, 0.2) is 0 Å². The first-order valence-corrected chi connectivity index (χ1v) is 4.17. The summed E-state index contributed by atoms with van der Waals surface area (Å²) in [6.45, 7) is 3.33. The summed E-state index contributed by atoms with van der Waals surface area (Å²) < 4.78 is 0. The Balaban J connectivity index is 2.40. The Kier molecular flexibility index (Phi) is 2.69. The molecular formula is C8H18N2. The van der Waals surface area contributed by atoms with E-state index in [1.807, 2.05) is 0 Å². The molecule has 0 saturated carbocycles. The molecule has 0 amide bonds. The lowest BCUT2D eigenvalue weighted by Gasteiger charge is -2.34. The predicted molar refractivity (Wildman–Crippen MR) is 43.9 cm³/mol. The highest BCUT2D eigenvalue weighted by Gasteiger charge is 2.21. The Morgan fingerprint density at radius 1 is 1.50 bits per heavy atom. The van der Waals surface area contributed by atoms with Crippen LogP contribution in [0.25, 0.3) is 0 Å². The number of hydrogen-bond donors (Lipinski definition) is 1. The third-order valence-corrected chi connectivity index (χ3v) is 2.43. The Hall–Kier alpha value is -0.0800. The maximum atomic E-state index is 5.82. The fourth-order valence-corrected chi connectivity index (χ4v) is 1.77. The molecule has 0 bridgehead atoms. The van der Waals surface area contributed by atoms with Crippen molar-refractivity contribution in [3.8, 4) is 0 Å². The number of nitrogens with zero attached hydrogens (tertiary/aromatic N) is 1. The minimum absolute atomic E-state index is 0.338. The summed E-state index contributed by atoms with van der Waals surface area (Å²) in [5.74, 6) is 0. The van der Waals surface area contributed by atoms with E-state index in [0.29, 0.717) is 12.1 Å². The van der Waals surface area contributed by atoms with Gasteiger partial charge in [-0.15, -0.1) is 0 Å². The minimum atomic E-state index is 0.338. The van der Waals surface area contributed by atoms with E-state index in [9.17, 15) is 0 Å². The normalized spacial score (nSPS) is 32.1. The van der Waals surface area contributed by atoms with Crippen LogP contribution in [0.4, 0.5) is 0 Å². The Labute approximate surface area is 63.4 Å². The molecule has 1 fully saturated rings. The summed E-state index contributed by atoms with van der Waals surface area (Å²) >= 11 is 0. The van der Waals surface area contributed by atoms with Crippen molar-refractivity contribution in [1.82, 2.24) is 4.90 Å². The van der Waals surface area contributed by atoms with Crippen LogP contribution in [0, 0.1) is 0 Å². The van der Waals surface area contributed by atoms with Crippen LogP contribution in [0.15, 0.2) is 0 Å². The fraction of sp³-hybridized carbons (Fsp3) is 1.00. The highest BCUT2D eigenvalue weighted by Crippen LogP contribution is 2.16. The van der Waals surface area contributed by atoms with Crippen LogP contribution < -0.4 is 5.73 Å². The van der Waals surface area contributed by atoms with E-state index in [4.69, 9.17) is 5.73 Å². The molecule has 1 heterocycles. The summed E-state index contributed by atoms with van der Waals surface area (Å²) in [7, 11) is 2.17. The number of hydrogen-bond acceptors (Lipinski definition) is 2. The number of nitrogens with two attached hydrogens (primary N) is 1. The lowest BCUT2D eigenvalue weighted by molar-refractivity contribution is 0.165. The zero-order valence-electron chi connectivity index (χ0n) is 7.01. The van der Waals surface area contributed by atoms with Crippen LogP contribution in [0.5, 0.6) is 0 Å². The van der Waals surface area contributed by atoms with Gasteiger partial charge in [0.2, 0.25) is 0 Å². The van der Waals surface area contributed by atoms with E-state index in [2.05, 4.69) is 18.9 Å². The van der Waals surface area contributed by atoms with Crippen molar-refractivity contribution >= 4 is 0 Å². The topological polar surface area (TPSA) is 29.3 Å². The van der Waals surface area contributed by atoms with Gasteiger partial charge in [0.25, 0.3) is 0 Å². The summed E-state index contributed by atoms with van der Waals surface area (Å²) in [6, 6.07) is 0.971. The van der Waals surface area contributed by atoms with Gasteiger partial charge < -0.3 is 10.6 Å². The number of likely N-dealkylation sites (N-methyl/N-ethyl adjacent to an activating group) is 1. The second kappa shape index (κ2) is 3.35. The van der Waals surface area contributed by atoms with Gasteiger partial charge in [-0.3, -0.25) is 0 Å². The molecule has 60 valence electrons. The third-order valence-electron chi connectivity index (χ3n) is 2.43. The zero-order valence-corrected chi connectivity index (χ0v) is 7.01. The van der Waals surface area contributed by atoms with Crippen LogP contribution >= 0.6 is 0 Å². The van der Waals surface area contributed by atoms with Crippen LogP contribution in [0.1, 0.15) is 26.2 Å². The molecule has 0 aliphatic carbocycles. The fourth-order valence-electron chi connectivity index (χ4n) is 1.77. The first-order valence-electron chi connectivity index (χ1n) is 4.17. The summed E-state index contributed by atoms with van der Waals surface area (Å²) in [6.07, 6.45) is 3.99. The molecule has 10 heavy (non-hydrogen) atoms. The third kappa shape index (κ3) is 1.70.